The zero-order valence-electron chi connectivity index (χ0n) is 14.4. The summed E-state index contributed by atoms with van der Waals surface area (Å²) in [5.41, 5.74) is 0.284. The van der Waals surface area contributed by atoms with Gasteiger partial charge in [0.25, 0.3) is 0 Å². The molecule has 1 saturated heterocycles. The molecule has 0 aliphatic carbocycles. The summed E-state index contributed by atoms with van der Waals surface area (Å²) >= 11 is 0. The van der Waals surface area contributed by atoms with Crippen molar-refractivity contribution >= 4 is 11.9 Å². The smallest absolute Gasteiger partial charge is 0.413 e. The number of aromatic nitrogens is 2. The second-order valence-electron chi connectivity index (χ2n) is 7.00. The number of H-pyrrole nitrogens is 1. The highest BCUT2D eigenvalue weighted by Gasteiger charge is 2.28. The maximum Gasteiger partial charge on any atom is 0.413 e. The van der Waals surface area contributed by atoms with Gasteiger partial charge in [0, 0.05) is 12.1 Å². The lowest BCUT2D eigenvalue weighted by atomic mass is 10.2. The van der Waals surface area contributed by atoms with Gasteiger partial charge in [-0.25, -0.2) is 4.79 Å². The lowest BCUT2D eigenvalue weighted by molar-refractivity contribution is -0.253. The Morgan fingerprint density at radius 3 is 2.70 bits per heavy atom. The fraction of sp³-hybridized carbons (Fsp3) is 0.733. The zero-order chi connectivity index (χ0) is 17.1. The molecule has 3 N–H and O–H groups in total. The van der Waals surface area contributed by atoms with Crippen LogP contribution in [0.2, 0.25) is 0 Å². The van der Waals surface area contributed by atoms with E-state index in [1.807, 2.05) is 34.6 Å². The maximum absolute atomic E-state index is 11.8. The molecule has 8 nitrogen and oxygen atoms in total. The van der Waals surface area contributed by atoms with Crippen molar-refractivity contribution in [1.29, 1.82) is 0 Å². The van der Waals surface area contributed by atoms with Crippen LogP contribution in [0.25, 0.3) is 0 Å². The number of nitrogens with one attached hydrogen (secondary N) is 3. The van der Waals surface area contributed by atoms with Crippen LogP contribution in [0.4, 0.5) is 10.6 Å². The van der Waals surface area contributed by atoms with Crippen LogP contribution in [0.5, 0.6) is 0 Å². The Morgan fingerprint density at radius 1 is 1.43 bits per heavy atom. The van der Waals surface area contributed by atoms with Crippen LogP contribution in [-0.4, -0.2) is 46.9 Å². The normalized spacial score (nSPS) is 18.7. The molecule has 2 rings (SSSR count). The highest BCUT2D eigenvalue weighted by Crippen LogP contribution is 2.18. The van der Waals surface area contributed by atoms with E-state index < -0.39 is 17.5 Å². The van der Waals surface area contributed by atoms with E-state index in [9.17, 15) is 4.79 Å². The third-order valence-corrected chi connectivity index (χ3v) is 3.19. The minimum Gasteiger partial charge on any atom is -0.444 e. The standard InChI is InChI=1S/C15H26N4O4/c1-14(2,3)23-13(20)18-12-10(7-17-19-12)6-16-11-8-21-15(4,5)22-9-11/h7,11,16H,6,8-9H2,1-5H3,(H2,17,18,19,20). The van der Waals surface area contributed by atoms with Crippen molar-refractivity contribution < 1.29 is 19.0 Å². The first-order valence-electron chi connectivity index (χ1n) is 7.68. The number of carbonyl (C=O) groups excluding carboxylic acids is 1. The molecule has 1 aromatic rings. The molecule has 130 valence electrons. The third-order valence-electron chi connectivity index (χ3n) is 3.19. The molecular formula is C15H26N4O4. The number of amides is 1. The summed E-state index contributed by atoms with van der Waals surface area (Å²) in [5.74, 6) is -0.0122. The summed E-state index contributed by atoms with van der Waals surface area (Å²) in [4.78, 5) is 11.8. The lowest BCUT2D eigenvalue weighted by Crippen LogP contribution is -2.48. The summed E-state index contributed by atoms with van der Waals surface area (Å²) in [6.45, 7) is 10.9. The summed E-state index contributed by atoms with van der Waals surface area (Å²) < 4.78 is 16.4. The fourth-order valence-corrected chi connectivity index (χ4v) is 2.02. The van der Waals surface area contributed by atoms with Crippen LogP contribution in [0, 0.1) is 0 Å². The molecule has 1 aromatic heterocycles. The van der Waals surface area contributed by atoms with E-state index >= 15 is 0 Å². The van der Waals surface area contributed by atoms with Gasteiger partial charge in [0.2, 0.25) is 0 Å². The minimum atomic E-state index is -0.550. The van der Waals surface area contributed by atoms with Crippen LogP contribution in [0.3, 0.4) is 0 Å². The van der Waals surface area contributed by atoms with E-state index in [1.54, 1.807) is 6.20 Å². The van der Waals surface area contributed by atoms with Gasteiger partial charge in [-0.3, -0.25) is 10.4 Å². The van der Waals surface area contributed by atoms with Gasteiger partial charge in [-0.15, -0.1) is 0 Å². The van der Waals surface area contributed by atoms with Gasteiger partial charge in [-0.05, 0) is 34.6 Å². The average Bonchev–Trinajstić information content (AvgIpc) is 2.82. The number of ether oxygens (including phenoxy) is 3. The zero-order valence-corrected chi connectivity index (χ0v) is 14.4. The van der Waals surface area contributed by atoms with Crippen molar-refractivity contribution in [2.24, 2.45) is 0 Å². The highest BCUT2D eigenvalue weighted by atomic mass is 16.7. The first-order chi connectivity index (χ1) is 10.6. The number of aromatic amines is 1. The molecule has 0 unspecified atom stereocenters. The van der Waals surface area contributed by atoms with Crippen molar-refractivity contribution in [1.82, 2.24) is 15.5 Å². The Morgan fingerprint density at radius 2 is 2.09 bits per heavy atom. The quantitative estimate of drug-likeness (QED) is 0.783. The molecule has 1 aliphatic heterocycles. The molecule has 0 atom stereocenters. The summed E-state index contributed by atoms with van der Waals surface area (Å²) in [6.07, 6.45) is 1.14. The summed E-state index contributed by atoms with van der Waals surface area (Å²) in [5, 5.41) is 12.7. The Kier molecular flexibility index (Phi) is 5.28. The van der Waals surface area contributed by atoms with Crippen LogP contribution in [-0.2, 0) is 20.8 Å². The predicted molar refractivity (Wildman–Crippen MR) is 85.1 cm³/mol. The molecule has 1 amide bonds. The molecule has 0 spiro atoms. The van der Waals surface area contributed by atoms with Crippen LogP contribution in [0.15, 0.2) is 6.20 Å². The molecule has 23 heavy (non-hydrogen) atoms. The van der Waals surface area contributed by atoms with E-state index in [2.05, 4.69) is 20.8 Å². The lowest BCUT2D eigenvalue weighted by Gasteiger charge is -2.35. The molecule has 0 saturated carbocycles. The van der Waals surface area contributed by atoms with Crippen molar-refractivity contribution in [2.75, 3.05) is 18.5 Å². The fourth-order valence-electron chi connectivity index (χ4n) is 2.02. The van der Waals surface area contributed by atoms with Crippen molar-refractivity contribution in [3.63, 3.8) is 0 Å². The number of hydrogen-bond acceptors (Lipinski definition) is 6. The molecule has 2 heterocycles. The van der Waals surface area contributed by atoms with Crippen molar-refractivity contribution in [2.45, 2.75) is 58.6 Å². The van der Waals surface area contributed by atoms with Gasteiger partial charge >= 0.3 is 6.09 Å². The number of rotatable bonds is 4. The van der Waals surface area contributed by atoms with Gasteiger partial charge in [-0.1, -0.05) is 0 Å². The Bertz CT molecular complexity index is 526. The molecule has 0 aromatic carbocycles. The first-order valence-corrected chi connectivity index (χ1v) is 7.68. The first kappa shape index (κ1) is 17.7. The van der Waals surface area contributed by atoms with Gasteiger partial charge < -0.3 is 19.5 Å². The monoisotopic (exact) mass is 326 g/mol. The Labute approximate surface area is 136 Å². The molecule has 1 aliphatic rings. The maximum atomic E-state index is 11.8. The van der Waals surface area contributed by atoms with Crippen molar-refractivity contribution in [3.05, 3.63) is 11.8 Å². The molecule has 1 fully saturated rings. The van der Waals surface area contributed by atoms with Gasteiger partial charge in [0.05, 0.1) is 25.5 Å². The number of anilines is 1. The Balaban J connectivity index is 1.83. The minimum absolute atomic E-state index is 0.0901. The molecular weight excluding hydrogens is 300 g/mol. The van der Waals surface area contributed by atoms with Gasteiger partial charge in [0.15, 0.2) is 5.79 Å². The van der Waals surface area contributed by atoms with Crippen LogP contribution < -0.4 is 10.6 Å². The second-order valence-corrected chi connectivity index (χ2v) is 7.00. The molecule has 8 heteroatoms. The Hall–Kier alpha value is -1.64. The van der Waals surface area contributed by atoms with E-state index in [4.69, 9.17) is 14.2 Å². The van der Waals surface area contributed by atoms with Crippen LogP contribution >= 0.6 is 0 Å². The number of carbonyl (C=O) groups is 1. The molecule has 0 bridgehead atoms. The van der Waals surface area contributed by atoms with Gasteiger partial charge in [0.1, 0.15) is 11.4 Å². The average molecular weight is 326 g/mol. The van der Waals surface area contributed by atoms with Crippen molar-refractivity contribution in [3.8, 4) is 0 Å². The number of nitrogens with zero attached hydrogens (tertiary/aromatic N) is 1. The number of hydrogen-bond donors (Lipinski definition) is 3. The second kappa shape index (κ2) is 6.86. The van der Waals surface area contributed by atoms with Crippen LogP contribution in [0.1, 0.15) is 40.2 Å². The molecule has 0 radical (unpaired) electrons. The van der Waals surface area contributed by atoms with E-state index in [0.717, 1.165) is 5.56 Å². The SMILES string of the molecule is CC(C)(C)OC(=O)Nc1[nH]ncc1CNC1COC(C)(C)OC1. The van der Waals surface area contributed by atoms with Gasteiger partial charge in [-0.2, -0.15) is 5.10 Å². The predicted octanol–water partition coefficient (Wildman–Crippen LogP) is 2.00. The largest absolute Gasteiger partial charge is 0.444 e. The summed E-state index contributed by atoms with van der Waals surface area (Å²) in [7, 11) is 0. The third kappa shape index (κ3) is 5.81. The van der Waals surface area contributed by atoms with E-state index in [-0.39, 0.29) is 6.04 Å². The summed E-state index contributed by atoms with van der Waals surface area (Å²) in [6, 6.07) is 0.0901. The van der Waals surface area contributed by atoms with E-state index in [0.29, 0.717) is 25.6 Å². The van der Waals surface area contributed by atoms with E-state index in [1.165, 1.54) is 0 Å². The topological polar surface area (TPSA) is 97.5 Å². The highest BCUT2D eigenvalue weighted by molar-refractivity contribution is 5.84.